The van der Waals surface area contributed by atoms with Crippen LogP contribution in [0.4, 0.5) is 0 Å². The minimum absolute atomic E-state index is 0.178. The van der Waals surface area contributed by atoms with Crippen molar-refractivity contribution in [1.29, 1.82) is 0 Å². The SMILES string of the molecule is COc1cc(CNCCOC2CCCCC2)ccc1O. The molecule has 0 spiro atoms. The van der Waals surface area contributed by atoms with E-state index in [4.69, 9.17) is 9.47 Å². The van der Waals surface area contributed by atoms with E-state index in [1.165, 1.54) is 32.1 Å². The van der Waals surface area contributed by atoms with Crippen LogP contribution in [0.2, 0.25) is 0 Å². The largest absolute Gasteiger partial charge is 0.504 e. The Morgan fingerprint density at radius 3 is 2.80 bits per heavy atom. The molecule has 2 rings (SSSR count). The standard InChI is InChI=1S/C16H25NO3/c1-19-16-11-13(7-8-15(16)18)12-17-9-10-20-14-5-3-2-4-6-14/h7-8,11,14,17-18H,2-6,9-10,12H2,1H3. The van der Waals surface area contributed by atoms with Crippen molar-refractivity contribution in [3.63, 3.8) is 0 Å². The molecule has 0 bridgehead atoms. The van der Waals surface area contributed by atoms with Crippen molar-refractivity contribution in [3.05, 3.63) is 23.8 Å². The topological polar surface area (TPSA) is 50.7 Å². The number of hydrogen-bond donors (Lipinski definition) is 2. The Bertz CT molecular complexity index is 403. The summed E-state index contributed by atoms with van der Waals surface area (Å²) < 4.78 is 10.9. The van der Waals surface area contributed by atoms with Crippen LogP contribution in [0, 0.1) is 0 Å². The van der Waals surface area contributed by atoms with Crippen molar-refractivity contribution in [3.8, 4) is 11.5 Å². The molecule has 0 aliphatic heterocycles. The number of benzene rings is 1. The van der Waals surface area contributed by atoms with Crippen molar-refractivity contribution in [2.75, 3.05) is 20.3 Å². The fourth-order valence-electron chi connectivity index (χ4n) is 2.59. The van der Waals surface area contributed by atoms with Gasteiger partial charge in [-0.05, 0) is 30.5 Å². The molecule has 112 valence electrons. The second-order valence-electron chi connectivity index (χ2n) is 5.31. The summed E-state index contributed by atoms with van der Waals surface area (Å²) in [7, 11) is 1.56. The van der Waals surface area contributed by atoms with Crippen LogP contribution in [0.1, 0.15) is 37.7 Å². The number of aromatic hydroxyl groups is 1. The second-order valence-corrected chi connectivity index (χ2v) is 5.31. The molecule has 1 aromatic rings. The lowest BCUT2D eigenvalue weighted by molar-refractivity contribution is 0.0302. The average Bonchev–Trinajstić information content (AvgIpc) is 2.49. The minimum Gasteiger partial charge on any atom is -0.504 e. The second kappa shape index (κ2) is 8.12. The summed E-state index contributed by atoms with van der Waals surface area (Å²) in [6.07, 6.45) is 6.89. The predicted molar refractivity (Wildman–Crippen MR) is 79.2 cm³/mol. The quantitative estimate of drug-likeness (QED) is 0.754. The van der Waals surface area contributed by atoms with Crippen LogP contribution in [0.5, 0.6) is 11.5 Å². The van der Waals surface area contributed by atoms with Crippen molar-refractivity contribution in [2.45, 2.75) is 44.8 Å². The highest BCUT2D eigenvalue weighted by atomic mass is 16.5. The molecule has 4 heteroatoms. The average molecular weight is 279 g/mol. The zero-order chi connectivity index (χ0) is 14.2. The molecule has 0 aromatic heterocycles. The number of hydrogen-bond acceptors (Lipinski definition) is 4. The van der Waals surface area contributed by atoms with Gasteiger partial charge in [0.25, 0.3) is 0 Å². The molecule has 1 fully saturated rings. The molecule has 0 unspecified atom stereocenters. The molecular formula is C16H25NO3. The maximum absolute atomic E-state index is 9.52. The third-order valence-electron chi connectivity index (χ3n) is 3.76. The zero-order valence-electron chi connectivity index (χ0n) is 12.2. The first-order valence-corrected chi connectivity index (χ1v) is 7.48. The first-order valence-electron chi connectivity index (χ1n) is 7.48. The molecule has 2 N–H and O–H groups in total. The molecule has 0 amide bonds. The number of phenols is 1. The molecule has 0 radical (unpaired) electrons. The van der Waals surface area contributed by atoms with Gasteiger partial charge >= 0.3 is 0 Å². The summed E-state index contributed by atoms with van der Waals surface area (Å²) in [5, 5.41) is 12.9. The van der Waals surface area contributed by atoms with Crippen LogP contribution < -0.4 is 10.1 Å². The molecule has 1 aliphatic carbocycles. The molecule has 0 heterocycles. The molecule has 0 saturated heterocycles. The van der Waals surface area contributed by atoms with Crippen molar-refractivity contribution >= 4 is 0 Å². The highest BCUT2D eigenvalue weighted by Crippen LogP contribution is 2.26. The summed E-state index contributed by atoms with van der Waals surface area (Å²) in [4.78, 5) is 0. The molecule has 20 heavy (non-hydrogen) atoms. The van der Waals surface area contributed by atoms with E-state index in [0.717, 1.165) is 25.3 Å². The lowest BCUT2D eigenvalue weighted by Crippen LogP contribution is -2.24. The maximum atomic E-state index is 9.52. The number of rotatable bonds is 7. The smallest absolute Gasteiger partial charge is 0.160 e. The molecule has 1 aliphatic rings. The van der Waals surface area contributed by atoms with Crippen LogP contribution in [0.15, 0.2) is 18.2 Å². The van der Waals surface area contributed by atoms with Gasteiger partial charge in [-0.1, -0.05) is 25.3 Å². The van der Waals surface area contributed by atoms with Crippen LogP contribution >= 0.6 is 0 Å². The van der Waals surface area contributed by atoms with Gasteiger partial charge in [0, 0.05) is 13.1 Å². The van der Waals surface area contributed by atoms with Crippen LogP contribution in [-0.2, 0) is 11.3 Å². The van der Waals surface area contributed by atoms with E-state index in [-0.39, 0.29) is 5.75 Å². The first kappa shape index (κ1) is 15.1. The van der Waals surface area contributed by atoms with Crippen molar-refractivity contribution in [1.82, 2.24) is 5.32 Å². The van der Waals surface area contributed by atoms with Gasteiger partial charge in [-0.3, -0.25) is 0 Å². The van der Waals surface area contributed by atoms with Gasteiger partial charge in [0.15, 0.2) is 11.5 Å². The van der Waals surface area contributed by atoms with Crippen molar-refractivity contribution < 1.29 is 14.6 Å². The normalized spacial score (nSPS) is 16.2. The monoisotopic (exact) mass is 279 g/mol. The van der Waals surface area contributed by atoms with Gasteiger partial charge < -0.3 is 19.9 Å². The van der Waals surface area contributed by atoms with E-state index < -0.39 is 0 Å². The van der Waals surface area contributed by atoms with Crippen LogP contribution in [-0.4, -0.2) is 31.5 Å². The number of phenolic OH excluding ortho intramolecular Hbond substituents is 1. The fourth-order valence-corrected chi connectivity index (χ4v) is 2.59. The van der Waals surface area contributed by atoms with E-state index in [1.807, 2.05) is 12.1 Å². The Morgan fingerprint density at radius 1 is 1.25 bits per heavy atom. The minimum atomic E-state index is 0.178. The summed E-state index contributed by atoms with van der Waals surface area (Å²) in [6, 6.07) is 5.41. The van der Waals surface area contributed by atoms with E-state index in [0.29, 0.717) is 11.9 Å². The third kappa shape index (κ3) is 4.69. The highest BCUT2D eigenvalue weighted by Gasteiger charge is 2.12. The Labute approximate surface area is 121 Å². The Kier molecular flexibility index (Phi) is 6.15. The summed E-state index contributed by atoms with van der Waals surface area (Å²) in [5.41, 5.74) is 1.09. The van der Waals surface area contributed by atoms with Crippen LogP contribution in [0.3, 0.4) is 0 Å². The summed E-state index contributed by atoms with van der Waals surface area (Å²) in [5.74, 6) is 0.694. The fraction of sp³-hybridized carbons (Fsp3) is 0.625. The predicted octanol–water partition coefficient (Wildman–Crippen LogP) is 2.84. The lowest BCUT2D eigenvalue weighted by atomic mass is 9.98. The van der Waals surface area contributed by atoms with Gasteiger partial charge in [0.1, 0.15) is 0 Å². The lowest BCUT2D eigenvalue weighted by Gasteiger charge is -2.22. The number of ether oxygens (including phenoxy) is 2. The van der Waals surface area contributed by atoms with E-state index in [9.17, 15) is 5.11 Å². The number of nitrogens with one attached hydrogen (secondary N) is 1. The maximum Gasteiger partial charge on any atom is 0.160 e. The van der Waals surface area contributed by atoms with E-state index >= 15 is 0 Å². The third-order valence-corrected chi connectivity index (χ3v) is 3.76. The van der Waals surface area contributed by atoms with Crippen LogP contribution in [0.25, 0.3) is 0 Å². The van der Waals surface area contributed by atoms with E-state index in [2.05, 4.69) is 5.32 Å². The van der Waals surface area contributed by atoms with Gasteiger partial charge in [-0.25, -0.2) is 0 Å². The van der Waals surface area contributed by atoms with Gasteiger partial charge in [0.2, 0.25) is 0 Å². The summed E-state index contributed by atoms with van der Waals surface area (Å²) >= 11 is 0. The molecule has 1 aromatic carbocycles. The Hall–Kier alpha value is -1.26. The Balaban J connectivity index is 1.63. The van der Waals surface area contributed by atoms with Gasteiger partial charge in [-0.2, -0.15) is 0 Å². The highest BCUT2D eigenvalue weighted by molar-refractivity contribution is 5.41. The zero-order valence-corrected chi connectivity index (χ0v) is 12.2. The Morgan fingerprint density at radius 2 is 2.05 bits per heavy atom. The van der Waals surface area contributed by atoms with Crippen molar-refractivity contribution in [2.24, 2.45) is 0 Å². The molecule has 4 nitrogen and oxygen atoms in total. The number of methoxy groups -OCH3 is 1. The molecule has 0 atom stereocenters. The van der Waals surface area contributed by atoms with E-state index in [1.54, 1.807) is 13.2 Å². The first-order chi connectivity index (χ1) is 9.79. The molecular weight excluding hydrogens is 254 g/mol. The van der Waals surface area contributed by atoms with Gasteiger partial charge in [0.05, 0.1) is 19.8 Å². The summed E-state index contributed by atoms with van der Waals surface area (Å²) in [6.45, 7) is 2.37. The molecule has 1 saturated carbocycles. The van der Waals surface area contributed by atoms with Gasteiger partial charge in [-0.15, -0.1) is 0 Å².